The number of hydrogen-bond acceptors (Lipinski definition) is 4. The molecule has 0 atom stereocenters. The Morgan fingerprint density at radius 1 is 0.800 bits per heavy atom. The van der Waals surface area contributed by atoms with Crippen molar-refractivity contribution in [1.82, 2.24) is 0 Å². The molecule has 0 fully saturated rings. The first-order valence-electron chi connectivity index (χ1n) is 2.86. The van der Waals surface area contributed by atoms with Gasteiger partial charge in [0.25, 0.3) is 0 Å². The van der Waals surface area contributed by atoms with Crippen molar-refractivity contribution in [2.75, 3.05) is 0 Å². The molecule has 0 saturated heterocycles. The van der Waals surface area contributed by atoms with Crippen molar-refractivity contribution < 1.29 is 41.3 Å². The first-order chi connectivity index (χ1) is 6.55. The molecule has 0 aliphatic heterocycles. The van der Waals surface area contributed by atoms with Gasteiger partial charge in [-0.2, -0.15) is 0 Å². The Kier molecular flexibility index (Phi) is 4.79. The van der Waals surface area contributed by atoms with E-state index in [0.29, 0.717) is 0 Å². The first kappa shape index (κ1) is 14.4. The fourth-order valence-electron chi connectivity index (χ4n) is 0.212. The van der Waals surface area contributed by atoms with Crippen LogP contribution in [-0.2, 0) is 15.0 Å². The Morgan fingerprint density at radius 3 is 1.27 bits per heavy atom. The average Bonchev–Trinajstić information content (AvgIpc) is 2.00. The molecule has 0 amide bonds. The molecule has 4 nitrogen and oxygen atoms in total. The van der Waals surface area contributed by atoms with Gasteiger partial charge in [0.2, 0.25) is 0 Å². The van der Waals surface area contributed by atoms with Gasteiger partial charge in [-0.3, -0.25) is 0 Å². The van der Waals surface area contributed by atoms with Crippen LogP contribution in [0.4, 0.5) is 26.3 Å². The van der Waals surface area contributed by atoms with Crippen LogP contribution in [0.25, 0.3) is 0 Å². The van der Waals surface area contributed by atoms with E-state index in [0.717, 1.165) is 0 Å². The van der Waals surface area contributed by atoms with Gasteiger partial charge in [-0.1, -0.05) is 0 Å². The van der Waals surface area contributed by atoms with Gasteiger partial charge < -0.3 is 0 Å². The van der Waals surface area contributed by atoms with Crippen LogP contribution in [0.3, 0.4) is 0 Å². The van der Waals surface area contributed by atoms with Gasteiger partial charge in [0, 0.05) is 0 Å². The van der Waals surface area contributed by atoms with Crippen molar-refractivity contribution in [3.63, 3.8) is 0 Å². The van der Waals surface area contributed by atoms with E-state index in [9.17, 15) is 35.9 Å². The molecule has 0 bridgehead atoms. The minimum atomic E-state index is -5.31. The second-order valence-corrected chi connectivity index (χ2v) is 4.09. The number of hydrogen-bond donors (Lipinski definition) is 0. The summed E-state index contributed by atoms with van der Waals surface area (Å²) in [5, 5.41) is 0. The van der Waals surface area contributed by atoms with E-state index < -0.39 is 49.4 Å². The van der Waals surface area contributed by atoms with Crippen molar-refractivity contribution >= 4 is 37.1 Å². The van der Waals surface area contributed by atoms with E-state index in [1.54, 1.807) is 0 Å². The van der Waals surface area contributed by atoms with Crippen molar-refractivity contribution in [2.45, 2.75) is 12.4 Å². The molecule has 86 valence electrons. The molecule has 0 heterocycles. The van der Waals surface area contributed by atoms with Crippen LogP contribution in [-0.4, -0.2) is 49.4 Å². The van der Waals surface area contributed by atoms with Crippen molar-refractivity contribution in [1.29, 1.82) is 0 Å². The summed E-state index contributed by atoms with van der Waals surface area (Å²) in [6.07, 6.45) is -10.6. The number of carbonyl (C=O) groups excluding carboxylic acids is 2. The fourth-order valence-corrected chi connectivity index (χ4v) is 1.86. The van der Waals surface area contributed by atoms with Gasteiger partial charge in [0.1, 0.15) is 0 Å². The van der Waals surface area contributed by atoms with Crippen molar-refractivity contribution in [2.24, 2.45) is 0 Å². The van der Waals surface area contributed by atoms with Crippen LogP contribution in [0.5, 0.6) is 0 Å². The summed E-state index contributed by atoms with van der Waals surface area (Å²) in [6, 6.07) is 0. The maximum atomic E-state index is 11.4. The standard InChI is InChI=1S/2C2HF3O2.Pb/c2*3-2(4,5)1(6)7;/h2*(H,6,7);/q;;+2/p-2. The molecule has 0 spiro atoms. The molecule has 0 unspecified atom stereocenters. The van der Waals surface area contributed by atoms with Crippen LogP contribution in [0, 0.1) is 0 Å². The van der Waals surface area contributed by atoms with E-state index in [1.807, 2.05) is 0 Å². The third-order valence-corrected chi connectivity index (χ3v) is 2.82. The monoisotopic (exact) mass is 434 g/mol. The fraction of sp³-hybridized carbons (Fsp3) is 0.500. The molecule has 0 rings (SSSR count). The first-order valence-corrected chi connectivity index (χ1v) is 6.03. The number of halogens is 6. The Morgan fingerprint density at radius 2 is 1.07 bits per heavy atom. The number of alkyl halides is 6. The molecule has 0 saturated carbocycles. The predicted molar refractivity (Wildman–Crippen MR) is 30.0 cm³/mol. The summed E-state index contributed by atoms with van der Waals surface area (Å²) < 4.78 is 75.1. The van der Waals surface area contributed by atoms with E-state index in [-0.39, 0.29) is 0 Å². The van der Waals surface area contributed by atoms with Gasteiger partial charge >= 0.3 is 90.7 Å². The SMILES string of the molecule is O=C([O][Pb][O]C(=O)C(F)(F)F)C(F)(F)F. The van der Waals surface area contributed by atoms with Gasteiger partial charge in [0.05, 0.1) is 0 Å². The molecule has 0 aliphatic carbocycles. The van der Waals surface area contributed by atoms with E-state index in [2.05, 4.69) is 5.37 Å². The zero-order valence-electron chi connectivity index (χ0n) is 6.40. The van der Waals surface area contributed by atoms with Crippen LogP contribution in [0.15, 0.2) is 0 Å². The summed E-state index contributed by atoms with van der Waals surface area (Å²) in [6.45, 7) is 0. The molecular formula is C4F6O4Pb. The Balaban J connectivity index is 3.92. The average molecular weight is 433 g/mol. The molecule has 15 heavy (non-hydrogen) atoms. The molecular weight excluding hydrogens is 433 g/mol. The minimum absolute atomic E-state index is 2.67. The van der Waals surface area contributed by atoms with E-state index in [4.69, 9.17) is 0 Å². The van der Waals surface area contributed by atoms with Crippen LogP contribution >= 0.6 is 0 Å². The topological polar surface area (TPSA) is 52.6 Å². The quantitative estimate of drug-likeness (QED) is 0.476. The molecule has 0 aromatic carbocycles. The normalized spacial score (nSPS) is 12.1. The van der Waals surface area contributed by atoms with Gasteiger partial charge in [-0.05, 0) is 0 Å². The van der Waals surface area contributed by atoms with E-state index >= 15 is 0 Å². The van der Waals surface area contributed by atoms with Gasteiger partial charge in [-0.25, -0.2) is 0 Å². The maximum absolute atomic E-state index is 11.4. The summed E-state index contributed by atoms with van der Waals surface area (Å²) >= 11 is -3.47. The number of rotatable bonds is 2. The molecule has 11 heteroatoms. The third-order valence-electron chi connectivity index (χ3n) is 0.732. The van der Waals surface area contributed by atoms with Crippen LogP contribution in [0.1, 0.15) is 0 Å². The second-order valence-electron chi connectivity index (χ2n) is 1.86. The molecule has 0 aromatic rings. The zero-order valence-corrected chi connectivity index (χ0v) is 10.3. The summed E-state index contributed by atoms with van der Waals surface area (Å²) in [7, 11) is 0. The Bertz CT molecular complexity index is 231. The zero-order chi connectivity index (χ0) is 12.3. The Labute approximate surface area is 91.0 Å². The van der Waals surface area contributed by atoms with Crippen molar-refractivity contribution in [3.8, 4) is 0 Å². The Hall–Kier alpha value is -0.558. The second kappa shape index (κ2) is 4.98. The van der Waals surface area contributed by atoms with E-state index in [1.165, 1.54) is 0 Å². The summed E-state index contributed by atoms with van der Waals surface area (Å²) in [5.41, 5.74) is 0. The third kappa shape index (κ3) is 5.78. The predicted octanol–water partition coefficient (Wildman–Crippen LogP) is 0.732. The summed E-state index contributed by atoms with van der Waals surface area (Å²) in [5.74, 6) is -5.33. The van der Waals surface area contributed by atoms with Gasteiger partial charge in [-0.15, -0.1) is 0 Å². The molecule has 0 N–H and O–H groups in total. The molecule has 2 radical (unpaired) electrons. The number of carbonyl (C=O) groups is 2. The molecule has 0 aliphatic rings. The van der Waals surface area contributed by atoms with Gasteiger partial charge in [0.15, 0.2) is 0 Å². The van der Waals surface area contributed by atoms with Crippen LogP contribution in [0.2, 0.25) is 0 Å². The summed E-state index contributed by atoms with van der Waals surface area (Å²) in [4.78, 5) is 19.8. The van der Waals surface area contributed by atoms with Crippen molar-refractivity contribution in [3.05, 3.63) is 0 Å². The molecule has 0 aromatic heterocycles. The van der Waals surface area contributed by atoms with Crippen LogP contribution < -0.4 is 0 Å².